The van der Waals surface area contributed by atoms with E-state index in [4.69, 9.17) is 11.5 Å². The zero-order valence-corrected chi connectivity index (χ0v) is 10.5. The van der Waals surface area contributed by atoms with Gasteiger partial charge in [0.15, 0.2) is 5.13 Å². The van der Waals surface area contributed by atoms with Gasteiger partial charge in [-0.1, -0.05) is 11.3 Å². The molecule has 0 aliphatic heterocycles. The molecule has 0 saturated carbocycles. The molecule has 0 aliphatic carbocycles. The van der Waals surface area contributed by atoms with Crippen LogP contribution in [0.4, 0.5) is 5.13 Å². The predicted molar refractivity (Wildman–Crippen MR) is 70.2 cm³/mol. The average molecular weight is 264 g/mol. The number of nitrogens with one attached hydrogen (secondary N) is 1. The number of anilines is 1. The molecule has 5 N–H and O–H groups in total. The van der Waals surface area contributed by atoms with E-state index in [9.17, 15) is 9.59 Å². The summed E-state index contributed by atoms with van der Waals surface area (Å²) in [6.07, 6.45) is 0. The summed E-state index contributed by atoms with van der Waals surface area (Å²) < 4.78 is 0.826. The fourth-order valence-electron chi connectivity index (χ4n) is 1.43. The summed E-state index contributed by atoms with van der Waals surface area (Å²) in [7, 11) is 0. The minimum Gasteiger partial charge on any atom is -0.375 e. The third-order valence-electron chi connectivity index (χ3n) is 2.44. The smallest absolute Gasteiger partial charge is 0.251 e. The van der Waals surface area contributed by atoms with E-state index >= 15 is 0 Å². The minimum absolute atomic E-state index is 0.352. The molecule has 2 amide bonds. The van der Waals surface area contributed by atoms with E-state index < -0.39 is 11.9 Å². The maximum absolute atomic E-state index is 11.8. The van der Waals surface area contributed by atoms with Crippen molar-refractivity contribution in [3.8, 4) is 0 Å². The van der Waals surface area contributed by atoms with Crippen LogP contribution in [0.1, 0.15) is 17.3 Å². The molecule has 0 saturated heterocycles. The Hall–Kier alpha value is -2.15. The molecule has 0 fully saturated rings. The molecular formula is C11H12N4O2S. The number of thiazole rings is 1. The van der Waals surface area contributed by atoms with Gasteiger partial charge in [-0.15, -0.1) is 0 Å². The van der Waals surface area contributed by atoms with E-state index in [0.29, 0.717) is 10.7 Å². The van der Waals surface area contributed by atoms with Gasteiger partial charge in [-0.3, -0.25) is 9.59 Å². The van der Waals surface area contributed by atoms with Gasteiger partial charge in [0.2, 0.25) is 5.91 Å². The van der Waals surface area contributed by atoms with Gasteiger partial charge in [0, 0.05) is 5.56 Å². The highest BCUT2D eigenvalue weighted by molar-refractivity contribution is 7.22. The lowest BCUT2D eigenvalue weighted by atomic mass is 10.2. The van der Waals surface area contributed by atoms with E-state index in [-0.39, 0.29) is 5.91 Å². The Labute approximate surface area is 107 Å². The molecule has 0 spiro atoms. The van der Waals surface area contributed by atoms with Crippen molar-refractivity contribution < 1.29 is 9.59 Å². The van der Waals surface area contributed by atoms with E-state index in [0.717, 1.165) is 10.2 Å². The largest absolute Gasteiger partial charge is 0.375 e. The first-order valence-corrected chi connectivity index (χ1v) is 6.05. The van der Waals surface area contributed by atoms with Gasteiger partial charge < -0.3 is 16.8 Å². The van der Waals surface area contributed by atoms with Crippen LogP contribution in [0.2, 0.25) is 0 Å². The van der Waals surface area contributed by atoms with Crippen LogP contribution >= 0.6 is 11.3 Å². The highest BCUT2D eigenvalue weighted by Crippen LogP contribution is 2.24. The lowest BCUT2D eigenvalue weighted by Crippen LogP contribution is -2.42. The molecule has 94 valence electrons. The third-order valence-corrected chi connectivity index (χ3v) is 3.29. The molecule has 1 aromatic heterocycles. The van der Waals surface area contributed by atoms with Crippen LogP contribution in [0.15, 0.2) is 18.2 Å². The summed E-state index contributed by atoms with van der Waals surface area (Å²) in [6, 6.07) is 4.32. The van der Waals surface area contributed by atoms with Crippen LogP contribution in [0, 0.1) is 0 Å². The van der Waals surface area contributed by atoms with Crippen molar-refractivity contribution in [3.63, 3.8) is 0 Å². The molecule has 0 aliphatic rings. The van der Waals surface area contributed by atoms with Crippen LogP contribution in [-0.2, 0) is 4.79 Å². The minimum atomic E-state index is -0.709. The molecule has 0 bridgehead atoms. The first kappa shape index (κ1) is 12.3. The molecule has 1 aromatic carbocycles. The lowest BCUT2D eigenvalue weighted by molar-refractivity contribution is -0.119. The summed E-state index contributed by atoms with van der Waals surface area (Å²) in [6.45, 7) is 1.53. The summed E-state index contributed by atoms with van der Waals surface area (Å²) in [5, 5.41) is 2.96. The number of aromatic nitrogens is 1. The second kappa shape index (κ2) is 4.61. The number of benzene rings is 1. The van der Waals surface area contributed by atoms with Crippen molar-refractivity contribution in [2.45, 2.75) is 13.0 Å². The number of fused-ring (bicyclic) bond motifs is 1. The number of carbonyl (C=O) groups excluding carboxylic acids is 2. The number of primary amides is 1. The van der Waals surface area contributed by atoms with Gasteiger partial charge in [0.05, 0.1) is 10.2 Å². The molecule has 0 radical (unpaired) electrons. The van der Waals surface area contributed by atoms with Crippen molar-refractivity contribution in [3.05, 3.63) is 23.8 Å². The molecular weight excluding hydrogens is 252 g/mol. The highest BCUT2D eigenvalue weighted by atomic mass is 32.1. The quantitative estimate of drug-likeness (QED) is 0.748. The van der Waals surface area contributed by atoms with Crippen molar-refractivity contribution >= 4 is 38.5 Å². The molecule has 2 rings (SSSR count). The van der Waals surface area contributed by atoms with Crippen molar-refractivity contribution in [1.29, 1.82) is 0 Å². The van der Waals surface area contributed by atoms with Crippen molar-refractivity contribution in [2.75, 3.05) is 5.73 Å². The molecule has 7 heteroatoms. The maximum atomic E-state index is 11.8. The van der Waals surface area contributed by atoms with E-state index in [1.165, 1.54) is 18.3 Å². The van der Waals surface area contributed by atoms with Gasteiger partial charge in [0.25, 0.3) is 5.91 Å². The first-order valence-electron chi connectivity index (χ1n) is 5.23. The topological polar surface area (TPSA) is 111 Å². The van der Waals surface area contributed by atoms with Crippen LogP contribution in [0.5, 0.6) is 0 Å². The Morgan fingerprint density at radius 1 is 1.44 bits per heavy atom. The van der Waals surface area contributed by atoms with E-state index in [2.05, 4.69) is 10.3 Å². The summed E-state index contributed by atoms with van der Waals surface area (Å²) in [5.74, 6) is -0.929. The summed E-state index contributed by atoms with van der Waals surface area (Å²) >= 11 is 1.30. The highest BCUT2D eigenvalue weighted by Gasteiger charge is 2.14. The van der Waals surface area contributed by atoms with E-state index in [1.54, 1.807) is 18.2 Å². The number of carbonyl (C=O) groups is 2. The maximum Gasteiger partial charge on any atom is 0.251 e. The van der Waals surface area contributed by atoms with Gasteiger partial charge in [-0.2, -0.15) is 0 Å². The fraction of sp³-hybridized carbons (Fsp3) is 0.182. The molecule has 2 aromatic rings. The fourth-order valence-corrected chi connectivity index (χ4v) is 2.21. The molecule has 6 nitrogen and oxygen atoms in total. The summed E-state index contributed by atoms with van der Waals surface area (Å²) in [4.78, 5) is 26.8. The predicted octanol–water partition coefficient (Wildman–Crippen LogP) is 0.482. The van der Waals surface area contributed by atoms with E-state index in [1.807, 2.05) is 0 Å². The van der Waals surface area contributed by atoms with Crippen LogP contribution < -0.4 is 16.8 Å². The first-order chi connectivity index (χ1) is 8.47. The number of nitrogen functional groups attached to an aromatic ring is 1. The Bertz CT molecular complexity index is 623. The van der Waals surface area contributed by atoms with Crippen molar-refractivity contribution in [1.82, 2.24) is 10.3 Å². The number of rotatable bonds is 3. The molecule has 18 heavy (non-hydrogen) atoms. The Balaban J connectivity index is 2.25. The average Bonchev–Trinajstić information content (AvgIpc) is 2.67. The zero-order valence-electron chi connectivity index (χ0n) is 9.64. The van der Waals surface area contributed by atoms with Gasteiger partial charge >= 0.3 is 0 Å². The number of hydrogen-bond donors (Lipinski definition) is 3. The SMILES string of the molecule is CC(NC(=O)c1ccc2nc(N)sc2c1)C(N)=O. The second-order valence-corrected chi connectivity index (χ2v) is 4.89. The van der Waals surface area contributed by atoms with Crippen LogP contribution in [0.3, 0.4) is 0 Å². The van der Waals surface area contributed by atoms with Gasteiger partial charge in [-0.05, 0) is 25.1 Å². The van der Waals surface area contributed by atoms with Crippen LogP contribution in [0.25, 0.3) is 10.2 Å². The second-order valence-electron chi connectivity index (χ2n) is 3.83. The normalized spacial score (nSPS) is 12.3. The number of amides is 2. The van der Waals surface area contributed by atoms with Crippen molar-refractivity contribution in [2.24, 2.45) is 5.73 Å². The summed E-state index contributed by atoms with van der Waals surface area (Å²) in [5.41, 5.74) is 11.9. The number of nitrogens with zero attached hydrogens (tertiary/aromatic N) is 1. The standard InChI is InChI=1S/C11H12N4O2S/c1-5(9(12)16)14-10(17)6-2-3-7-8(4-6)18-11(13)15-7/h2-5H,1H3,(H2,12,16)(H2,13,15)(H,14,17). The Morgan fingerprint density at radius 2 is 2.17 bits per heavy atom. The molecule has 1 unspecified atom stereocenters. The Morgan fingerprint density at radius 3 is 2.83 bits per heavy atom. The third kappa shape index (κ3) is 2.40. The van der Waals surface area contributed by atoms with Crippen LogP contribution in [-0.4, -0.2) is 22.8 Å². The number of hydrogen-bond acceptors (Lipinski definition) is 5. The van der Waals surface area contributed by atoms with Gasteiger partial charge in [0.1, 0.15) is 6.04 Å². The number of nitrogens with two attached hydrogens (primary N) is 2. The van der Waals surface area contributed by atoms with Gasteiger partial charge in [-0.25, -0.2) is 4.98 Å². The zero-order chi connectivity index (χ0) is 13.3. The molecule has 1 heterocycles. The molecule has 1 atom stereocenters. The lowest BCUT2D eigenvalue weighted by Gasteiger charge is -2.09. The Kier molecular flexibility index (Phi) is 3.15. The monoisotopic (exact) mass is 264 g/mol.